The average Bonchev–Trinajstić information content (AvgIpc) is 2.79. The van der Waals surface area contributed by atoms with Gasteiger partial charge in [0, 0.05) is 12.6 Å². The lowest BCUT2D eigenvalue weighted by Crippen LogP contribution is -2.42. The normalized spacial score (nSPS) is 14.9. The van der Waals surface area contributed by atoms with Gasteiger partial charge in [0.2, 0.25) is 10.0 Å². The van der Waals surface area contributed by atoms with Gasteiger partial charge in [-0.3, -0.25) is 4.90 Å². The molecule has 0 aromatic heterocycles. The lowest BCUT2D eigenvalue weighted by molar-refractivity contribution is 0.0687. The molecule has 0 radical (unpaired) electrons. The van der Waals surface area contributed by atoms with E-state index in [2.05, 4.69) is 4.72 Å². The Morgan fingerprint density at radius 3 is 1.94 bits per heavy atom. The molecule has 0 amide bonds. The van der Waals surface area contributed by atoms with Gasteiger partial charge in [-0.2, -0.15) is 0 Å². The molecule has 0 saturated carbocycles. The van der Waals surface area contributed by atoms with Crippen LogP contribution >= 0.6 is 0 Å². The second-order valence-electron chi connectivity index (χ2n) is 7.93. The molecule has 0 saturated heterocycles. The van der Waals surface area contributed by atoms with Crippen LogP contribution < -0.4 is 4.72 Å². The number of nitrogens with zero attached hydrogens (tertiary/aromatic N) is 1. The molecule has 3 aromatic carbocycles. The first kappa shape index (κ1) is 23.2. The van der Waals surface area contributed by atoms with Crippen molar-refractivity contribution in [1.82, 2.24) is 9.62 Å². The highest BCUT2D eigenvalue weighted by molar-refractivity contribution is 7.89. The van der Waals surface area contributed by atoms with Crippen molar-refractivity contribution in [2.75, 3.05) is 13.6 Å². The summed E-state index contributed by atoms with van der Waals surface area (Å²) in [7, 11) is -1.81. The van der Waals surface area contributed by atoms with Gasteiger partial charge in [0.05, 0.1) is 17.0 Å². The van der Waals surface area contributed by atoms with Gasteiger partial charge in [-0.25, -0.2) is 13.1 Å². The summed E-state index contributed by atoms with van der Waals surface area (Å²) in [5.41, 5.74) is 2.70. The van der Waals surface area contributed by atoms with Gasteiger partial charge in [0.15, 0.2) is 0 Å². The summed E-state index contributed by atoms with van der Waals surface area (Å²) in [4.78, 5) is 2.21. The minimum atomic E-state index is -3.71. The summed E-state index contributed by atoms with van der Waals surface area (Å²) in [6, 6.07) is 25.1. The third-order valence-electron chi connectivity index (χ3n) is 5.59. The smallest absolute Gasteiger partial charge is 0.241 e. The van der Waals surface area contributed by atoms with Crippen molar-refractivity contribution in [2.24, 2.45) is 0 Å². The van der Waals surface area contributed by atoms with Crippen LogP contribution in [0.25, 0.3) is 0 Å². The summed E-state index contributed by atoms with van der Waals surface area (Å²) in [5.74, 6) is 0. The molecule has 164 valence electrons. The second-order valence-corrected chi connectivity index (χ2v) is 9.65. The molecule has 0 bridgehead atoms. The summed E-state index contributed by atoms with van der Waals surface area (Å²) >= 11 is 0. The van der Waals surface area contributed by atoms with Crippen molar-refractivity contribution >= 4 is 10.0 Å². The molecule has 0 aliphatic carbocycles. The zero-order valence-electron chi connectivity index (χ0n) is 18.1. The lowest BCUT2D eigenvalue weighted by Gasteiger charge is -2.32. The van der Waals surface area contributed by atoms with Crippen LogP contribution in [0.5, 0.6) is 0 Å². The minimum absolute atomic E-state index is 0.211. The van der Waals surface area contributed by atoms with E-state index in [1.54, 1.807) is 24.3 Å². The summed E-state index contributed by atoms with van der Waals surface area (Å²) in [6.45, 7) is 4.26. The Bertz CT molecular complexity index is 1050. The van der Waals surface area contributed by atoms with E-state index < -0.39 is 22.2 Å². The van der Waals surface area contributed by atoms with E-state index in [-0.39, 0.29) is 10.9 Å². The standard InChI is InChI=1S/C25H30N2O3S/c1-19-14-16-23(17-15-19)31(29,30)26-24(21-10-6-4-7-11-21)18-27(3)20(2)25(28)22-12-8-5-9-13-22/h4-17,20,24-26,28H,18H2,1-3H3/t20-,24+,25-/m0/s1. The first-order chi connectivity index (χ1) is 14.8. The van der Waals surface area contributed by atoms with E-state index >= 15 is 0 Å². The third kappa shape index (κ3) is 6.02. The fraction of sp³-hybridized carbons (Fsp3) is 0.280. The van der Waals surface area contributed by atoms with Gasteiger partial charge in [-0.15, -0.1) is 0 Å². The van der Waals surface area contributed by atoms with E-state index in [9.17, 15) is 13.5 Å². The maximum Gasteiger partial charge on any atom is 0.241 e. The molecule has 3 atom stereocenters. The van der Waals surface area contributed by atoms with Crippen molar-refractivity contribution in [3.05, 3.63) is 102 Å². The first-order valence-corrected chi connectivity index (χ1v) is 11.8. The predicted molar refractivity (Wildman–Crippen MR) is 124 cm³/mol. The van der Waals surface area contributed by atoms with Crippen molar-refractivity contribution in [1.29, 1.82) is 0 Å². The largest absolute Gasteiger partial charge is 0.387 e. The first-order valence-electron chi connectivity index (χ1n) is 10.3. The van der Waals surface area contributed by atoms with Crippen LogP contribution in [0.2, 0.25) is 0 Å². The van der Waals surface area contributed by atoms with Crippen LogP contribution in [0.4, 0.5) is 0 Å². The number of aryl methyl sites for hydroxylation is 1. The Kier molecular flexibility index (Phi) is 7.62. The Balaban J connectivity index is 1.82. The third-order valence-corrected chi connectivity index (χ3v) is 7.08. The van der Waals surface area contributed by atoms with Crippen LogP contribution in [-0.4, -0.2) is 38.1 Å². The van der Waals surface area contributed by atoms with Crippen LogP contribution in [0.1, 0.15) is 35.8 Å². The number of rotatable bonds is 9. The maximum absolute atomic E-state index is 13.1. The molecule has 5 nitrogen and oxygen atoms in total. The number of likely N-dealkylation sites (N-methyl/N-ethyl adjacent to an activating group) is 1. The molecular formula is C25H30N2O3S. The van der Waals surface area contributed by atoms with Gasteiger partial charge in [0.25, 0.3) is 0 Å². The number of sulfonamides is 1. The van der Waals surface area contributed by atoms with Crippen molar-refractivity contribution in [3.63, 3.8) is 0 Å². The molecule has 0 heterocycles. The number of hydrogen-bond acceptors (Lipinski definition) is 4. The fourth-order valence-corrected chi connectivity index (χ4v) is 4.71. The van der Waals surface area contributed by atoms with E-state index in [1.165, 1.54) is 0 Å². The number of benzene rings is 3. The van der Waals surface area contributed by atoms with Gasteiger partial charge < -0.3 is 5.11 Å². The zero-order valence-corrected chi connectivity index (χ0v) is 19.0. The number of aliphatic hydroxyl groups excluding tert-OH is 1. The highest BCUT2D eigenvalue weighted by Gasteiger charge is 2.26. The molecule has 0 aliphatic heterocycles. The molecule has 0 aliphatic rings. The van der Waals surface area contributed by atoms with E-state index in [4.69, 9.17) is 0 Å². The van der Waals surface area contributed by atoms with E-state index in [0.29, 0.717) is 6.54 Å². The Morgan fingerprint density at radius 1 is 0.871 bits per heavy atom. The number of hydrogen-bond donors (Lipinski definition) is 2. The Labute approximate surface area is 185 Å². The van der Waals surface area contributed by atoms with Crippen LogP contribution in [0, 0.1) is 6.92 Å². The maximum atomic E-state index is 13.1. The zero-order chi connectivity index (χ0) is 22.4. The quantitative estimate of drug-likeness (QED) is 0.528. The second kappa shape index (κ2) is 10.2. The van der Waals surface area contributed by atoms with Gasteiger partial charge >= 0.3 is 0 Å². The Hall–Kier alpha value is -2.51. The molecule has 0 fully saturated rings. The molecule has 31 heavy (non-hydrogen) atoms. The molecule has 3 rings (SSSR count). The summed E-state index contributed by atoms with van der Waals surface area (Å²) in [6.07, 6.45) is -0.684. The van der Waals surface area contributed by atoms with Gasteiger partial charge in [-0.1, -0.05) is 78.4 Å². The van der Waals surface area contributed by atoms with Crippen LogP contribution in [0.3, 0.4) is 0 Å². The van der Waals surface area contributed by atoms with Crippen LogP contribution in [0.15, 0.2) is 89.8 Å². The molecule has 0 spiro atoms. The van der Waals surface area contributed by atoms with Crippen LogP contribution in [-0.2, 0) is 10.0 Å². The molecule has 3 aromatic rings. The highest BCUT2D eigenvalue weighted by atomic mass is 32.2. The Morgan fingerprint density at radius 2 is 1.39 bits per heavy atom. The minimum Gasteiger partial charge on any atom is -0.387 e. The number of aliphatic hydroxyl groups is 1. The molecule has 6 heteroatoms. The topological polar surface area (TPSA) is 69.6 Å². The van der Waals surface area contributed by atoms with E-state index in [1.807, 2.05) is 86.5 Å². The van der Waals surface area contributed by atoms with Crippen molar-refractivity contribution in [3.8, 4) is 0 Å². The lowest BCUT2D eigenvalue weighted by atomic mass is 10.0. The molecule has 0 unspecified atom stereocenters. The predicted octanol–water partition coefficient (Wildman–Crippen LogP) is 4.07. The fourth-order valence-electron chi connectivity index (χ4n) is 3.49. The highest BCUT2D eigenvalue weighted by Crippen LogP contribution is 2.24. The molecular weight excluding hydrogens is 408 g/mol. The number of nitrogens with one attached hydrogen (secondary N) is 1. The summed E-state index contributed by atoms with van der Waals surface area (Å²) in [5, 5.41) is 10.8. The summed E-state index contributed by atoms with van der Waals surface area (Å²) < 4.78 is 29.0. The van der Waals surface area contributed by atoms with Gasteiger partial charge in [0.1, 0.15) is 0 Å². The van der Waals surface area contributed by atoms with Crippen molar-refractivity contribution < 1.29 is 13.5 Å². The monoisotopic (exact) mass is 438 g/mol. The SMILES string of the molecule is Cc1ccc(S(=O)(=O)N[C@H](CN(C)[C@@H](C)[C@H](O)c2ccccc2)c2ccccc2)cc1. The van der Waals surface area contributed by atoms with Crippen molar-refractivity contribution in [2.45, 2.75) is 36.9 Å². The average molecular weight is 439 g/mol. The molecule has 2 N–H and O–H groups in total. The van der Waals surface area contributed by atoms with E-state index in [0.717, 1.165) is 16.7 Å². The van der Waals surface area contributed by atoms with Gasteiger partial charge in [-0.05, 0) is 44.2 Å².